The van der Waals surface area contributed by atoms with Crippen LogP contribution in [0.3, 0.4) is 0 Å². The quantitative estimate of drug-likeness (QED) is 0.207. The number of para-hydroxylation sites is 2. The van der Waals surface area contributed by atoms with Crippen LogP contribution in [0.1, 0.15) is 88.7 Å². The largest absolute Gasteiger partial charge is 0.496 e. The number of hydrogen-bond acceptors (Lipinski definition) is 3. The van der Waals surface area contributed by atoms with E-state index in [0.717, 1.165) is 55.6 Å². The van der Waals surface area contributed by atoms with Crippen molar-refractivity contribution in [2.45, 2.75) is 77.6 Å². The van der Waals surface area contributed by atoms with Gasteiger partial charge in [-0.2, -0.15) is 0 Å². The first-order chi connectivity index (χ1) is 16.1. The van der Waals surface area contributed by atoms with Gasteiger partial charge in [0.25, 0.3) is 0 Å². The van der Waals surface area contributed by atoms with E-state index in [4.69, 9.17) is 14.6 Å². The number of carbonyl (C=O) groups is 1. The molecular formula is C29H40O4. The molecule has 0 unspecified atom stereocenters. The summed E-state index contributed by atoms with van der Waals surface area (Å²) in [6, 6.07) is 16.6. The minimum absolute atomic E-state index is 0.296. The fourth-order valence-corrected chi connectivity index (χ4v) is 4.44. The van der Waals surface area contributed by atoms with Gasteiger partial charge in [-0.05, 0) is 49.0 Å². The Hall–Kier alpha value is -2.75. The third kappa shape index (κ3) is 8.60. The molecule has 0 heterocycles. The Bertz CT molecular complexity index is 885. The predicted octanol–water partition coefficient (Wildman–Crippen LogP) is 8.01. The monoisotopic (exact) mass is 452 g/mol. The lowest BCUT2D eigenvalue weighted by atomic mass is 9.88. The van der Waals surface area contributed by atoms with E-state index in [2.05, 4.69) is 31.2 Å². The summed E-state index contributed by atoms with van der Waals surface area (Å²) in [5, 5.41) is 8.71. The van der Waals surface area contributed by atoms with Crippen molar-refractivity contribution >= 4 is 17.1 Å². The molecule has 0 fully saturated rings. The van der Waals surface area contributed by atoms with Gasteiger partial charge in [0.05, 0.1) is 14.2 Å². The zero-order chi connectivity index (χ0) is 23.9. The Morgan fingerprint density at radius 1 is 0.667 bits per heavy atom. The molecule has 1 N–H and O–H groups in total. The molecule has 0 spiro atoms. The summed E-state index contributed by atoms with van der Waals surface area (Å²) in [4.78, 5) is 10.6. The highest BCUT2D eigenvalue weighted by molar-refractivity contribution is 5.93. The molecule has 0 aliphatic heterocycles. The number of allylic oxidation sites excluding steroid dienone is 2. The van der Waals surface area contributed by atoms with E-state index in [9.17, 15) is 4.79 Å². The molecule has 0 bridgehead atoms. The topological polar surface area (TPSA) is 55.8 Å². The normalized spacial score (nSPS) is 11.7. The van der Waals surface area contributed by atoms with Crippen LogP contribution in [0.15, 0.2) is 48.5 Å². The molecule has 0 aliphatic carbocycles. The van der Waals surface area contributed by atoms with Crippen LogP contribution in [0.5, 0.6) is 11.5 Å². The molecule has 2 aromatic carbocycles. The number of ether oxygens (including phenoxy) is 2. The van der Waals surface area contributed by atoms with Gasteiger partial charge >= 0.3 is 5.97 Å². The van der Waals surface area contributed by atoms with E-state index in [0.29, 0.717) is 6.42 Å². The highest BCUT2D eigenvalue weighted by atomic mass is 16.5. The zero-order valence-corrected chi connectivity index (χ0v) is 20.6. The number of carboxylic acid groups (broad SMARTS) is 1. The number of benzene rings is 2. The van der Waals surface area contributed by atoms with Crippen molar-refractivity contribution in [3.63, 3.8) is 0 Å². The van der Waals surface area contributed by atoms with Gasteiger partial charge in [0.2, 0.25) is 0 Å². The number of hydrogen-bond donors (Lipinski definition) is 1. The maximum atomic E-state index is 10.6. The molecule has 0 saturated carbocycles. The van der Waals surface area contributed by atoms with E-state index >= 15 is 0 Å². The second kappa shape index (κ2) is 15.2. The van der Waals surface area contributed by atoms with Gasteiger partial charge in [-0.1, -0.05) is 81.8 Å². The maximum Gasteiger partial charge on any atom is 0.303 e. The van der Waals surface area contributed by atoms with Gasteiger partial charge in [-0.3, -0.25) is 4.79 Å². The summed E-state index contributed by atoms with van der Waals surface area (Å²) in [5.41, 5.74) is 4.98. The van der Waals surface area contributed by atoms with E-state index in [1.165, 1.54) is 42.4 Å². The number of aliphatic carboxylic acids is 1. The van der Waals surface area contributed by atoms with Crippen LogP contribution in [0.2, 0.25) is 0 Å². The van der Waals surface area contributed by atoms with Crippen molar-refractivity contribution in [3.8, 4) is 11.5 Å². The average Bonchev–Trinajstić information content (AvgIpc) is 2.84. The summed E-state index contributed by atoms with van der Waals surface area (Å²) in [6.07, 6.45) is 11.1. The van der Waals surface area contributed by atoms with Gasteiger partial charge in [-0.25, -0.2) is 0 Å². The molecule has 4 nitrogen and oxygen atoms in total. The molecule has 0 aliphatic rings. The van der Waals surface area contributed by atoms with E-state index in [1.54, 1.807) is 14.2 Å². The van der Waals surface area contributed by atoms with Crippen molar-refractivity contribution in [2.75, 3.05) is 14.2 Å². The molecule has 0 aromatic heterocycles. The number of methoxy groups -OCH3 is 2. The Kier molecular flexibility index (Phi) is 12.2. The first kappa shape index (κ1) is 26.5. The molecule has 2 rings (SSSR count). The van der Waals surface area contributed by atoms with Crippen molar-refractivity contribution in [1.29, 1.82) is 0 Å². The Labute approximate surface area is 199 Å². The van der Waals surface area contributed by atoms with Crippen LogP contribution >= 0.6 is 0 Å². The van der Waals surface area contributed by atoms with Crippen LogP contribution in [-0.2, 0) is 4.79 Å². The highest BCUT2D eigenvalue weighted by Crippen LogP contribution is 2.39. The maximum absolute atomic E-state index is 10.6. The third-order valence-corrected chi connectivity index (χ3v) is 6.15. The molecule has 0 atom stereocenters. The summed E-state index contributed by atoms with van der Waals surface area (Å²) in [7, 11) is 3.47. The molecule has 4 heteroatoms. The van der Waals surface area contributed by atoms with Crippen LogP contribution in [0.4, 0.5) is 0 Å². The van der Waals surface area contributed by atoms with Crippen molar-refractivity contribution in [1.82, 2.24) is 0 Å². The van der Waals surface area contributed by atoms with Crippen molar-refractivity contribution in [3.05, 3.63) is 59.7 Å². The van der Waals surface area contributed by atoms with Gasteiger partial charge in [0, 0.05) is 17.5 Å². The minimum Gasteiger partial charge on any atom is -0.496 e. The first-order valence-electron chi connectivity index (χ1n) is 12.3. The Balaban J connectivity index is 2.07. The Morgan fingerprint density at radius 3 is 1.55 bits per heavy atom. The molecule has 2 aromatic rings. The fourth-order valence-electron chi connectivity index (χ4n) is 4.44. The van der Waals surface area contributed by atoms with Crippen LogP contribution in [0.25, 0.3) is 11.1 Å². The number of carboxylic acids is 1. The van der Waals surface area contributed by atoms with Crippen LogP contribution in [0, 0.1) is 0 Å². The predicted molar refractivity (Wildman–Crippen MR) is 137 cm³/mol. The molecule has 33 heavy (non-hydrogen) atoms. The highest BCUT2D eigenvalue weighted by Gasteiger charge is 2.16. The number of unbranched alkanes of at least 4 members (excludes halogenated alkanes) is 7. The lowest BCUT2D eigenvalue weighted by Gasteiger charge is -2.19. The summed E-state index contributed by atoms with van der Waals surface area (Å²) in [6.45, 7) is 2.21. The molecule has 0 amide bonds. The average molecular weight is 453 g/mol. The second-order valence-electron chi connectivity index (χ2n) is 8.43. The van der Waals surface area contributed by atoms with E-state index in [1.807, 2.05) is 24.3 Å². The lowest BCUT2D eigenvalue weighted by molar-refractivity contribution is -0.137. The molecular weight excluding hydrogens is 412 g/mol. The van der Waals surface area contributed by atoms with Gasteiger partial charge < -0.3 is 14.6 Å². The van der Waals surface area contributed by atoms with E-state index in [-0.39, 0.29) is 0 Å². The van der Waals surface area contributed by atoms with E-state index < -0.39 is 5.97 Å². The lowest BCUT2D eigenvalue weighted by Crippen LogP contribution is -1.98. The standard InChI is InChI=1S/C29H40O4/c1-4-23(25-18-13-15-20-27(25)32-2)24(26-19-14-16-21-28(26)33-3)17-11-9-7-5-6-8-10-12-22-29(30)31/h13-16,18-21H,4-12,17,22H2,1-3H3,(H,30,31)/b24-23+. The van der Waals surface area contributed by atoms with Gasteiger partial charge in [0.15, 0.2) is 0 Å². The third-order valence-electron chi connectivity index (χ3n) is 6.15. The summed E-state index contributed by atoms with van der Waals surface area (Å²) < 4.78 is 11.4. The minimum atomic E-state index is -0.687. The van der Waals surface area contributed by atoms with Gasteiger partial charge in [0.1, 0.15) is 11.5 Å². The van der Waals surface area contributed by atoms with Crippen LogP contribution < -0.4 is 9.47 Å². The van der Waals surface area contributed by atoms with Crippen LogP contribution in [-0.4, -0.2) is 25.3 Å². The fraction of sp³-hybridized carbons (Fsp3) is 0.483. The smallest absolute Gasteiger partial charge is 0.303 e. The summed E-state index contributed by atoms with van der Waals surface area (Å²) >= 11 is 0. The molecule has 180 valence electrons. The van der Waals surface area contributed by atoms with Crippen molar-refractivity contribution < 1.29 is 19.4 Å². The second-order valence-corrected chi connectivity index (χ2v) is 8.43. The van der Waals surface area contributed by atoms with Gasteiger partial charge in [-0.15, -0.1) is 0 Å². The summed E-state index contributed by atoms with van der Waals surface area (Å²) in [5.74, 6) is 1.13. The SMILES string of the molecule is CC/C(=C(/CCCCCCCCCCC(=O)O)c1ccccc1OC)c1ccccc1OC. The van der Waals surface area contributed by atoms with Crippen molar-refractivity contribution in [2.24, 2.45) is 0 Å². The molecule has 0 saturated heterocycles. The first-order valence-corrected chi connectivity index (χ1v) is 12.3. The Morgan fingerprint density at radius 2 is 1.09 bits per heavy atom. The number of rotatable bonds is 16. The molecule has 0 radical (unpaired) electrons. The zero-order valence-electron chi connectivity index (χ0n) is 20.6.